The van der Waals surface area contributed by atoms with Gasteiger partial charge in [0.1, 0.15) is 17.6 Å². The molecule has 0 radical (unpaired) electrons. The van der Waals surface area contributed by atoms with Crippen molar-refractivity contribution in [2.24, 2.45) is 17.8 Å². The minimum absolute atomic E-state index is 0.425. The van der Waals surface area contributed by atoms with E-state index in [2.05, 4.69) is 22.0 Å². The van der Waals surface area contributed by atoms with E-state index in [1.54, 1.807) is 13.1 Å². The molecule has 1 amide bonds. The predicted octanol–water partition coefficient (Wildman–Crippen LogP) is 2.33. The van der Waals surface area contributed by atoms with Crippen LogP contribution in [0.5, 0.6) is 0 Å². The minimum Gasteiger partial charge on any atom is -0.385 e. The van der Waals surface area contributed by atoms with Crippen molar-refractivity contribution in [3.63, 3.8) is 0 Å². The molecular formula is C23H22N4O3. The van der Waals surface area contributed by atoms with Crippen molar-refractivity contribution in [3.05, 3.63) is 59.9 Å². The zero-order chi connectivity index (χ0) is 20.7. The Bertz CT molecular complexity index is 1110. The van der Waals surface area contributed by atoms with E-state index in [1.165, 1.54) is 0 Å². The summed E-state index contributed by atoms with van der Waals surface area (Å²) in [7, 11) is 0. The largest absolute Gasteiger partial charge is 0.385 e. The molecule has 152 valence electrons. The summed E-state index contributed by atoms with van der Waals surface area (Å²) < 4.78 is 7.31. The summed E-state index contributed by atoms with van der Waals surface area (Å²) in [6.45, 7) is 3.84. The lowest BCUT2D eigenvalue weighted by atomic mass is 10.1. The molecule has 1 aromatic carbocycles. The van der Waals surface area contributed by atoms with Gasteiger partial charge in [0.15, 0.2) is 5.76 Å². The van der Waals surface area contributed by atoms with E-state index in [4.69, 9.17) is 4.52 Å². The molecule has 3 aromatic rings. The van der Waals surface area contributed by atoms with Crippen molar-refractivity contribution in [3.8, 4) is 23.1 Å². The highest BCUT2D eigenvalue weighted by atomic mass is 16.5. The lowest BCUT2D eigenvalue weighted by Crippen LogP contribution is -2.22. The molecule has 5 rings (SSSR count). The van der Waals surface area contributed by atoms with Crippen LogP contribution >= 0.6 is 0 Å². The minimum atomic E-state index is -0.643. The Labute approximate surface area is 174 Å². The molecule has 1 unspecified atom stereocenters. The molecule has 30 heavy (non-hydrogen) atoms. The summed E-state index contributed by atoms with van der Waals surface area (Å²) in [5.41, 5.74) is 2.69. The van der Waals surface area contributed by atoms with Crippen LogP contribution in [0.15, 0.2) is 47.2 Å². The first-order valence-electron chi connectivity index (χ1n) is 10.1. The van der Waals surface area contributed by atoms with Gasteiger partial charge in [0, 0.05) is 48.6 Å². The van der Waals surface area contributed by atoms with Crippen LogP contribution in [-0.2, 0) is 11.3 Å². The molecule has 2 fully saturated rings. The average Bonchev–Trinajstić information content (AvgIpc) is 3.25. The highest BCUT2D eigenvalue weighted by molar-refractivity contribution is 5.60. The van der Waals surface area contributed by atoms with Crippen molar-refractivity contribution >= 4 is 6.41 Å². The number of likely N-dealkylation sites (tertiary alicyclic amines) is 1. The van der Waals surface area contributed by atoms with E-state index in [-0.39, 0.29) is 0 Å². The molecule has 1 aliphatic carbocycles. The van der Waals surface area contributed by atoms with Gasteiger partial charge in [-0.2, -0.15) is 0 Å². The summed E-state index contributed by atoms with van der Waals surface area (Å²) >= 11 is 0. The fraction of sp³-hybridized carbons (Fsp3) is 0.348. The van der Waals surface area contributed by atoms with Gasteiger partial charge < -0.3 is 19.1 Å². The zero-order valence-corrected chi connectivity index (χ0v) is 16.6. The number of hydrogen-bond donors (Lipinski definition) is 1. The molecule has 0 bridgehead atoms. The number of benzene rings is 1. The van der Waals surface area contributed by atoms with Gasteiger partial charge in [-0.15, -0.1) is 0 Å². The Kier molecular flexibility index (Phi) is 4.64. The number of nitrogens with zero attached hydrogens (tertiary/aromatic N) is 4. The van der Waals surface area contributed by atoms with Gasteiger partial charge in [0.25, 0.3) is 0 Å². The first kappa shape index (κ1) is 18.6. The van der Waals surface area contributed by atoms with Gasteiger partial charge in [-0.1, -0.05) is 29.1 Å². The standard InChI is InChI=1S/C23H22N4O3/c1-15(29)23-24-8-9-27(23)11-18-10-22(25-30-18)17-5-2-16(3-6-17)4-7-19-20-12-26(14-28)13-21(19)20/h2-3,5-6,8-10,14-15,19-21,29H,11-13H2,1H3/t15-,19?,20-,21+/m0/s1. The molecular weight excluding hydrogens is 380 g/mol. The summed E-state index contributed by atoms with van der Waals surface area (Å²) in [6.07, 6.45) is 3.76. The maximum Gasteiger partial charge on any atom is 0.209 e. The van der Waals surface area contributed by atoms with Gasteiger partial charge >= 0.3 is 0 Å². The van der Waals surface area contributed by atoms with Crippen LogP contribution in [0.2, 0.25) is 0 Å². The molecule has 1 N–H and O–H groups in total. The summed E-state index contributed by atoms with van der Waals surface area (Å²) in [5, 5.41) is 13.9. The van der Waals surface area contributed by atoms with Crippen molar-refractivity contribution < 1.29 is 14.4 Å². The van der Waals surface area contributed by atoms with E-state index in [0.29, 0.717) is 35.9 Å². The molecule has 2 aromatic heterocycles. The number of fused-ring (bicyclic) bond motifs is 1. The number of amides is 1. The second kappa shape index (κ2) is 7.47. The molecule has 2 aliphatic rings. The Balaban J connectivity index is 1.23. The third-order valence-corrected chi connectivity index (χ3v) is 5.94. The van der Waals surface area contributed by atoms with Crippen molar-refractivity contribution in [1.82, 2.24) is 19.6 Å². The quantitative estimate of drug-likeness (QED) is 0.523. The predicted molar refractivity (Wildman–Crippen MR) is 109 cm³/mol. The molecule has 1 saturated heterocycles. The van der Waals surface area contributed by atoms with E-state index in [9.17, 15) is 9.90 Å². The number of carbonyl (C=O) groups excluding carboxylic acids is 1. The number of rotatable bonds is 5. The van der Waals surface area contributed by atoms with E-state index in [1.807, 2.05) is 46.0 Å². The van der Waals surface area contributed by atoms with Crippen LogP contribution in [0, 0.1) is 29.6 Å². The maximum atomic E-state index is 10.8. The molecule has 1 saturated carbocycles. The fourth-order valence-corrected chi connectivity index (χ4v) is 4.26. The maximum absolute atomic E-state index is 10.8. The molecule has 7 heteroatoms. The van der Waals surface area contributed by atoms with Crippen LogP contribution < -0.4 is 0 Å². The number of imidazole rings is 1. The monoisotopic (exact) mass is 402 g/mol. The van der Waals surface area contributed by atoms with Gasteiger partial charge in [-0.3, -0.25) is 4.79 Å². The van der Waals surface area contributed by atoms with Crippen molar-refractivity contribution in [2.45, 2.75) is 19.6 Å². The Hall–Kier alpha value is -3.37. The third kappa shape index (κ3) is 3.51. The van der Waals surface area contributed by atoms with E-state index in [0.717, 1.165) is 36.3 Å². The zero-order valence-electron chi connectivity index (χ0n) is 16.6. The number of piperidine rings is 1. The number of hydrogen-bond acceptors (Lipinski definition) is 5. The molecule has 0 spiro atoms. The normalized spacial score (nSPS) is 22.9. The lowest BCUT2D eigenvalue weighted by Gasteiger charge is -2.10. The second-order valence-electron chi connectivity index (χ2n) is 8.03. The number of aromatic nitrogens is 3. The van der Waals surface area contributed by atoms with Gasteiger partial charge in [0.05, 0.1) is 6.54 Å². The Morgan fingerprint density at radius 3 is 2.77 bits per heavy atom. The lowest BCUT2D eigenvalue weighted by molar-refractivity contribution is -0.117. The van der Waals surface area contributed by atoms with Gasteiger partial charge in [0.2, 0.25) is 6.41 Å². The summed E-state index contributed by atoms with van der Waals surface area (Å²) in [6, 6.07) is 9.87. The molecule has 7 nitrogen and oxygen atoms in total. The van der Waals surface area contributed by atoms with E-state index >= 15 is 0 Å². The van der Waals surface area contributed by atoms with Crippen LogP contribution in [0.3, 0.4) is 0 Å². The van der Waals surface area contributed by atoms with Crippen molar-refractivity contribution in [2.75, 3.05) is 13.1 Å². The number of aliphatic hydroxyl groups is 1. The highest BCUT2D eigenvalue weighted by Crippen LogP contribution is 2.50. The molecule has 1 aliphatic heterocycles. The van der Waals surface area contributed by atoms with Crippen LogP contribution in [0.4, 0.5) is 0 Å². The SMILES string of the molecule is C[C@H](O)c1nccn1Cc1cc(-c2ccc(C#CC3[C@H]4CN(C=O)C[C@@H]34)cc2)no1. The number of aliphatic hydroxyl groups excluding tert-OH is 1. The number of carbonyl (C=O) groups is 1. The summed E-state index contributed by atoms with van der Waals surface area (Å²) in [4.78, 5) is 16.8. The first-order valence-corrected chi connectivity index (χ1v) is 10.1. The van der Waals surface area contributed by atoms with Gasteiger partial charge in [-0.25, -0.2) is 4.98 Å². The Morgan fingerprint density at radius 1 is 1.30 bits per heavy atom. The second-order valence-corrected chi connectivity index (χ2v) is 8.03. The van der Waals surface area contributed by atoms with E-state index < -0.39 is 6.10 Å². The van der Waals surface area contributed by atoms with Crippen LogP contribution in [-0.4, -0.2) is 44.2 Å². The van der Waals surface area contributed by atoms with Crippen LogP contribution in [0.1, 0.15) is 30.2 Å². The fourth-order valence-electron chi connectivity index (χ4n) is 4.26. The summed E-state index contributed by atoms with van der Waals surface area (Å²) in [5.74, 6) is 9.45. The topological polar surface area (TPSA) is 84.4 Å². The smallest absolute Gasteiger partial charge is 0.209 e. The molecule has 4 atom stereocenters. The van der Waals surface area contributed by atoms with Gasteiger partial charge in [-0.05, 0) is 30.9 Å². The first-order chi connectivity index (χ1) is 14.6. The highest BCUT2D eigenvalue weighted by Gasteiger charge is 2.54. The Morgan fingerprint density at radius 2 is 2.07 bits per heavy atom. The average molecular weight is 402 g/mol. The van der Waals surface area contributed by atoms with Crippen molar-refractivity contribution in [1.29, 1.82) is 0 Å². The third-order valence-electron chi connectivity index (χ3n) is 5.94. The molecule has 3 heterocycles. The van der Waals surface area contributed by atoms with Crippen LogP contribution in [0.25, 0.3) is 11.3 Å².